The number of tetrazole rings is 1. The summed E-state index contributed by atoms with van der Waals surface area (Å²) in [5, 5.41) is 14.3. The van der Waals surface area contributed by atoms with Crippen molar-refractivity contribution in [2.75, 3.05) is 7.11 Å². The summed E-state index contributed by atoms with van der Waals surface area (Å²) in [6.45, 7) is 4.16. The van der Waals surface area contributed by atoms with Crippen LogP contribution in [0.4, 0.5) is 0 Å². The molecule has 0 aliphatic carbocycles. The van der Waals surface area contributed by atoms with Gasteiger partial charge in [-0.15, -0.1) is 5.10 Å². The molecule has 0 saturated carbocycles. The Morgan fingerprint density at radius 3 is 2.42 bits per heavy atom. The summed E-state index contributed by atoms with van der Waals surface area (Å²) in [6.07, 6.45) is 0.338. The van der Waals surface area contributed by atoms with Gasteiger partial charge in [-0.3, -0.25) is 4.79 Å². The highest BCUT2D eigenvalue weighted by Gasteiger charge is 2.22. The first kappa shape index (κ1) is 21.9. The SMILES string of the molecule is COC(=O)C(Cc1ccccc1)NC(=O)c1ccc(OCc2nnnn2C(C)C)cc1. The van der Waals surface area contributed by atoms with Gasteiger partial charge in [0.25, 0.3) is 5.91 Å². The molecule has 1 aromatic heterocycles. The van der Waals surface area contributed by atoms with Gasteiger partial charge >= 0.3 is 5.97 Å². The minimum atomic E-state index is -0.786. The number of esters is 1. The van der Waals surface area contributed by atoms with E-state index in [-0.39, 0.29) is 18.6 Å². The third-order valence-electron chi connectivity index (χ3n) is 4.61. The maximum atomic E-state index is 12.7. The first-order valence-corrected chi connectivity index (χ1v) is 9.90. The molecule has 0 aliphatic rings. The summed E-state index contributed by atoms with van der Waals surface area (Å²) in [5.74, 6) is 0.309. The number of amides is 1. The van der Waals surface area contributed by atoms with E-state index in [1.54, 1.807) is 28.9 Å². The number of carbonyl (C=O) groups is 2. The van der Waals surface area contributed by atoms with E-state index in [9.17, 15) is 9.59 Å². The number of methoxy groups -OCH3 is 1. The summed E-state index contributed by atoms with van der Waals surface area (Å²) in [7, 11) is 1.30. The van der Waals surface area contributed by atoms with Crippen LogP contribution in [0.1, 0.15) is 41.6 Å². The molecule has 0 bridgehead atoms. The highest BCUT2D eigenvalue weighted by atomic mass is 16.5. The number of nitrogens with one attached hydrogen (secondary N) is 1. The second kappa shape index (κ2) is 10.3. The van der Waals surface area contributed by atoms with Gasteiger partial charge in [0.1, 0.15) is 18.4 Å². The van der Waals surface area contributed by atoms with E-state index in [1.807, 2.05) is 44.2 Å². The Hall–Kier alpha value is -3.75. The minimum Gasteiger partial charge on any atom is -0.486 e. The predicted molar refractivity (Wildman–Crippen MR) is 112 cm³/mol. The number of aromatic nitrogens is 4. The van der Waals surface area contributed by atoms with Crippen molar-refractivity contribution in [3.63, 3.8) is 0 Å². The summed E-state index contributed by atoms with van der Waals surface area (Å²) < 4.78 is 12.2. The zero-order valence-electron chi connectivity index (χ0n) is 17.7. The zero-order chi connectivity index (χ0) is 22.2. The Bertz CT molecular complexity index is 1000. The first-order valence-electron chi connectivity index (χ1n) is 9.90. The molecule has 1 amide bonds. The first-order chi connectivity index (χ1) is 15.0. The number of hydrogen-bond donors (Lipinski definition) is 1. The maximum absolute atomic E-state index is 12.7. The predicted octanol–water partition coefficient (Wildman–Crippen LogP) is 2.35. The van der Waals surface area contributed by atoms with Crippen LogP contribution in [0.2, 0.25) is 0 Å². The summed E-state index contributed by atoms with van der Waals surface area (Å²) in [4.78, 5) is 24.8. The van der Waals surface area contributed by atoms with Crippen molar-refractivity contribution in [3.05, 3.63) is 71.5 Å². The average molecular weight is 423 g/mol. The second-order valence-electron chi connectivity index (χ2n) is 7.19. The lowest BCUT2D eigenvalue weighted by Gasteiger charge is -2.17. The molecule has 1 heterocycles. The molecule has 162 valence electrons. The van der Waals surface area contributed by atoms with Gasteiger partial charge in [0.2, 0.25) is 0 Å². The molecule has 0 fully saturated rings. The lowest BCUT2D eigenvalue weighted by atomic mass is 10.1. The van der Waals surface area contributed by atoms with Crippen molar-refractivity contribution in [1.29, 1.82) is 0 Å². The van der Waals surface area contributed by atoms with Crippen molar-refractivity contribution >= 4 is 11.9 Å². The topological polar surface area (TPSA) is 108 Å². The molecule has 0 saturated heterocycles. The normalized spacial score (nSPS) is 11.7. The van der Waals surface area contributed by atoms with Crippen LogP contribution in [0, 0.1) is 0 Å². The third kappa shape index (κ3) is 5.88. The van der Waals surface area contributed by atoms with Gasteiger partial charge in [-0.1, -0.05) is 30.3 Å². The quantitative estimate of drug-likeness (QED) is 0.526. The van der Waals surface area contributed by atoms with Gasteiger partial charge in [-0.05, 0) is 54.1 Å². The van der Waals surface area contributed by atoms with Crippen LogP contribution in [-0.2, 0) is 22.6 Å². The second-order valence-corrected chi connectivity index (χ2v) is 7.19. The molecule has 2 aromatic carbocycles. The van der Waals surface area contributed by atoms with E-state index in [0.29, 0.717) is 23.6 Å². The highest BCUT2D eigenvalue weighted by Crippen LogP contribution is 2.15. The van der Waals surface area contributed by atoms with Crippen LogP contribution in [0.15, 0.2) is 54.6 Å². The molecule has 1 atom stereocenters. The van der Waals surface area contributed by atoms with E-state index < -0.39 is 12.0 Å². The Kier molecular flexibility index (Phi) is 7.31. The van der Waals surface area contributed by atoms with Crippen LogP contribution in [0.5, 0.6) is 5.75 Å². The summed E-state index contributed by atoms with van der Waals surface area (Å²) in [5.41, 5.74) is 1.33. The van der Waals surface area contributed by atoms with Crippen molar-refractivity contribution in [3.8, 4) is 5.75 Å². The van der Waals surface area contributed by atoms with Crippen molar-refractivity contribution in [2.24, 2.45) is 0 Å². The molecule has 0 spiro atoms. The van der Waals surface area contributed by atoms with Gasteiger partial charge in [-0.2, -0.15) is 0 Å². The lowest BCUT2D eigenvalue weighted by molar-refractivity contribution is -0.142. The fraction of sp³-hybridized carbons (Fsp3) is 0.318. The molecule has 3 rings (SSSR count). The van der Waals surface area contributed by atoms with E-state index in [0.717, 1.165) is 5.56 Å². The van der Waals surface area contributed by atoms with E-state index in [1.165, 1.54) is 7.11 Å². The molecule has 31 heavy (non-hydrogen) atoms. The van der Waals surface area contributed by atoms with Crippen LogP contribution in [-0.4, -0.2) is 45.2 Å². The number of carbonyl (C=O) groups excluding carboxylic acids is 2. The Labute approximate surface area is 180 Å². The Morgan fingerprint density at radius 1 is 1.06 bits per heavy atom. The number of rotatable bonds is 9. The van der Waals surface area contributed by atoms with Crippen molar-refractivity contribution < 1.29 is 19.1 Å². The summed E-state index contributed by atoms with van der Waals surface area (Å²) >= 11 is 0. The average Bonchev–Trinajstić information content (AvgIpc) is 3.27. The highest BCUT2D eigenvalue weighted by molar-refractivity contribution is 5.96. The minimum absolute atomic E-state index is 0.123. The zero-order valence-corrected chi connectivity index (χ0v) is 17.7. The van der Waals surface area contributed by atoms with E-state index in [4.69, 9.17) is 9.47 Å². The molecule has 0 radical (unpaired) electrons. The van der Waals surface area contributed by atoms with Crippen LogP contribution in [0.25, 0.3) is 0 Å². The molecular formula is C22H25N5O4. The van der Waals surface area contributed by atoms with Gasteiger partial charge < -0.3 is 14.8 Å². The molecule has 9 heteroatoms. The molecule has 1 unspecified atom stereocenters. The Balaban J connectivity index is 1.61. The monoisotopic (exact) mass is 423 g/mol. The third-order valence-corrected chi connectivity index (χ3v) is 4.61. The number of ether oxygens (including phenoxy) is 2. The fourth-order valence-electron chi connectivity index (χ4n) is 2.99. The largest absolute Gasteiger partial charge is 0.486 e. The smallest absolute Gasteiger partial charge is 0.328 e. The van der Waals surface area contributed by atoms with Gasteiger partial charge in [0, 0.05) is 12.0 Å². The van der Waals surface area contributed by atoms with Crippen molar-refractivity contribution in [2.45, 2.75) is 39.0 Å². The Morgan fingerprint density at radius 2 is 1.77 bits per heavy atom. The standard InChI is InChI=1S/C22H25N5O4/c1-15(2)27-20(24-25-26-27)14-31-18-11-9-17(10-12-18)21(28)23-19(22(29)30-3)13-16-7-5-4-6-8-16/h4-12,15,19H,13-14H2,1-3H3,(H,23,28). The molecular weight excluding hydrogens is 398 g/mol. The van der Waals surface area contributed by atoms with Crippen LogP contribution < -0.4 is 10.1 Å². The molecule has 9 nitrogen and oxygen atoms in total. The molecule has 3 aromatic rings. The molecule has 0 aliphatic heterocycles. The summed E-state index contributed by atoms with van der Waals surface area (Å²) in [6, 6.07) is 15.4. The number of benzene rings is 2. The maximum Gasteiger partial charge on any atom is 0.328 e. The van der Waals surface area contributed by atoms with Crippen molar-refractivity contribution in [1.82, 2.24) is 25.5 Å². The van der Waals surface area contributed by atoms with E-state index >= 15 is 0 Å². The number of hydrogen-bond acceptors (Lipinski definition) is 7. The fourth-order valence-corrected chi connectivity index (χ4v) is 2.99. The van der Waals surface area contributed by atoms with Gasteiger partial charge in [-0.25, -0.2) is 9.48 Å². The van der Waals surface area contributed by atoms with Crippen LogP contribution in [0.3, 0.4) is 0 Å². The van der Waals surface area contributed by atoms with E-state index in [2.05, 4.69) is 20.8 Å². The van der Waals surface area contributed by atoms with Crippen LogP contribution >= 0.6 is 0 Å². The number of nitrogens with zero attached hydrogens (tertiary/aromatic N) is 4. The van der Waals surface area contributed by atoms with Gasteiger partial charge in [0.05, 0.1) is 13.2 Å². The van der Waals surface area contributed by atoms with Gasteiger partial charge in [0.15, 0.2) is 5.82 Å². The lowest BCUT2D eigenvalue weighted by Crippen LogP contribution is -2.43. The molecule has 1 N–H and O–H groups in total.